The zero-order valence-electron chi connectivity index (χ0n) is 8.07. The zero-order valence-corrected chi connectivity index (χ0v) is 8.07. The van der Waals surface area contributed by atoms with Crippen LogP contribution in [0.3, 0.4) is 0 Å². The second-order valence-corrected chi connectivity index (χ2v) is 2.98. The molecule has 1 N–H and O–H groups in total. The minimum absolute atomic E-state index is 0.176. The molecule has 0 amide bonds. The van der Waals surface area contributed by atoms with Crippen molar-refractivity contribution in [2.45, 2.75) is 20.3 Å². The molecular formula is C9H12O5. The van der Waals surface area contributed by atoms with Gasteiger partial charge in [-0.15, -0.1) is 0 Å². The predicted octanol–water partition coefficient (Wildman–Crippen LogP) is 0.743. The van der Waals surface area contributed by atoms with Crippen molar-refractivity contribution >= 4 is 17.9 Å². The Kier molecular flexibility index (Phi) is 4.55. The van der Waals surface area contributed by atoms with Crippen LogP contribution in [0.4, 0.5) is 0 Å². The van der Waals surface area contributed by atoms with Gasteiger partial charge in [-0.05, 0) is 6.92 Å². The maximum atomic E-state index is 10.3. The van der Waals surface area contributed by atoms with Crippen LogP contribution in [0.25, 0.3) is 0 Å². The first-order valence-corrected chi connectivity index (χ1v) is 3.98. The van der Waals surface area contributed by atoms with E-state index in [1.807, 2.05) is 0 Å². The molecule has 0 saturated carbocycles. The molecule has 0 bridgehead atoms. The van der Waals surface area contributed by atoms with E-state index in [2.05, 4.69) is 11.3 Å². The summed E-state index contributed by atoms with van der Waals surface area (Å²) in [7, 11) is 0. The zero-order chi connectivity index (χ0) is 11.3. The highest BCUT2D eigenvalue weighted by Crippen LogP contribution is 2.13. The largest absolute Gasteiger partial charge is 0.478 e. The first-order valence-electron chi connectivity index (χ1n) is 3.98. The van der Waals surface area contributed by atoms with Crippen LogP contribution in [0.1, 0.15) is 20.3 Å². The number of carbonyl (C=O) groups excluding carboxylic acids is 2. The van der Waals surface area contributed by atoms with Gasteiger partial charge in [0.1, 0.15) is 0 Å². The van der Waals surface area contributed by atoms with E-state index in [9.17, 15) is 14.4 Å². The van der Waals surface area contributed by atoms with E-state index in [-0.39, 0.29) is 17.9 Å². The lowest BCUT2D eigenvalue weighted by Gasteiger charge is -1.86. The molecule has 0 radical (unpaired) electrons. The van der Waals surface area contributed by atoms with Crippen LogP contribution in [0, 0.1) is 5.92 Å². The molecule has 0 aliphatic carbocycles. The Balaban J connectivity index is 0.000000255. The molecule has 1 atom stereocenters. The number of esters is 2. The summed E-state index contributed by atoms with van der Waals surface area (Å²) >= 11 is 0. The number of hydrogen-bond donors (Lipinski definition) is 1. The van der Waals surface area contributed by atoms with Gasteiger partial charge in [0.25, 0.3) is 0 Å². The molecule has 0 aromatic carbocycles. The molecule has 5 heteroatoms. The van der Waals surface area contributed by atoms with E-state index in [0.717, 1.165) is 0 Å². The predicted molar refractivity (Wildman–Crippen MR) is 47.3 cm³/mol. The molecule has 1 unspecified atom stereocenters. The molecule has 5 nitrogen and oxygen atoms in total. The van der Waals surface area contributed by atoms with Gasteiger partial charge >= 0.3 is 17.9 Å². The molecule has 1 aliphatic heterocycles. The molecule has 1 aliphatic rings. The number of carbonyl (C=O) groups is 3. The number of carboxylic acids is 1. The highest BCUT2D eigenvalue weighted by atomic mass is 16.6. The van der Waals surface area contributed by atoms with Gasteiger partial charge in [-0.25, -0.2) is 4.79 Å². The standard InChI is InChI=1S/C5H6O3.C4H6O2/c1-3-2-4(6)8-5(3)7;1-3(2)4(5)6/h3H,2H2,1H3;1H2,2H3,(H,5,6). The van der Waals surface area contributed by atoms with Crippen molar-refractivity contribution in [1.82, 2.24) is 0 Å². The number of aliphatic carboxylic acids is 1. The van der Waals surface area contributed by atoms with E-state index in [1.54, 1.807) is 6.92 Å². The van der Waals surface area contributed by atoms with Crippen LogP contribution < -0.4 is 0 Å². The Morgan fingerprint density at radius 1 is 1.57 bits per heavy atom. The van der Waals surface area contributed by atoms with Gasteiger partial charge < -0.3 is 9.84 Å². The molecule has 1 saturated heterocycles. The minimum Gasteiger partial charge on any atom is -0.478 e. The van der Waals surface area contributed by atoms with Gasteiger partial charge in [0.2, 0.25) is 0 Å². The Morgan fingerprint density at radius 3 is 2.07 bits per heavy atom. The molecule has 0 aromatic heterocycles. The average molecular weight is 200 g/mol. The molecule has 1 heterocycles. The molecule has 0 spiro atoms. The summed E-state index contributed by atoms with van der Waals surface area (Å²) in [5, 5.41) is 7.89. The lowest BCUT2D eigenvalue weighted by molar-refractivity contribution is -0.153. The number of cyclic esters (lactones) is 2. The minimum atomic E-state index is -0.935. The van der Waals surface area contributed by atoms with Gasteiger partial charge in [-0.2, -0.15) is 0 Å². The summed E-state index contributed by atoms with van der Waals surface area (Å²) in [6, 6.07) is 0. The topological polar surface area (TPSA) is 80.7 Å². The molecular weight excluding hydrogens is 188 g/mol. The lowest BCUT2D eigenvalue weighted by atomic mass is 10.1. The quantitative estimate of drug-likeness (QED) is 0.383. The van der Waals surface area contributed by atoms with Crippen molar-refractivity contribution in [2.24, 2.45) is 5.92 Å². The Bertz CT molecular complexity index is 267. The third kappa shape index (κ3) is 4.39. The van der Waals surface area contributed by atoms with Crippen LogP contribution in [-0.4, -0.2) is 23.0 Å². The average Bonchev–Trinajstić information content (AvgIpc) is 2.30. The molecule has 1 rings (SSSR count). The molecule has 14 heavy (non-hydrogen) atoms. The van der Waals surface area contributed by atoms with E-state index < -0.39 is 17.9 Å². The maximum absolute atomic E-state index is 10.3. The highest BCUT2D eigenvalue weighted by molar-refractivity contribution is 5.94. The lowest BCUT2D eigenvalue weighted by Crippen LogP contribution is -2.01. The number of carboxylic acid groups (broad SMARTS) is 1. The van der Waals surface area contributed by atoms with Crippen molar-refractivity contribution in [3.05, 3.63) is 12.2 Å². The normalized spacial score (nSPS) is 19.4. The smallest absolute Gasteiger partial charge is 0.330 e. The molecule has 78 valence electrons. The van der Waals surface area contributed by atoms with Crippen LogP contribution in [0.2, 0.25) is 0 Å². The van der Waals surface area contributed by atoms with Crippen molar-refractivity contribution < 1.29 is 24.2 Å². The summed E-state index contributed by atoms with van der Waals surface area (Å²) < 4.78 is 4.20. The summed E-state index contributed by atoms with van der Waals surface area (Å²) in [5.74, 6) is -1.95. The van der Waals surface area contributed by atoms with Crippen LogP contribution in [0.15, 0.2) is 12.2 Å². The number of ether oxygens (including phenoxy) is 1. The van der Waals surface area contributed by atoms with Crippen molar-refractivity contribution in [3.63, 3.8) is 0 Å². The van der Waals surface area contributed by atoms with Crippen LogP contribution in [-0.2, 0) is 19.1 Å². The van der Waals surface area contributed by atoms with Gasteiger partial charge in [0, 0.05) is 5.57 Å². The van der Waals surface area contributed by atoms with Crippen LogP contribution in [0.5, 0.6) is 0 Å². The molecule has 0 aromatic rings. The summed E-state index contributed by atoms with van der Waals surface area (Å²) in [5.41, 5.74) is 0.176. The summed E-state index contributed by atoms with van der Waals surface area (Å²) in [6.45, 7) is 6.28. The second kappa shape index (κ2) is 5.16. The van der Waals surface area contributed by atoms with Crippen LogP contribution >= 0.6 is 0 Å². The van der Waals surface area contributed by atoms with E-state index >= 15 is 0 Å². The van der Waals surface area contributed by atoms with Crippen molar-refractivity contribution in [1.29, 1.82) is 0 Å². The van der Waals surface area contributed by atoms with Gasteiger partial charge in [0.05, 0.1) is 12.3 Å². The SMILES string of the molecule is C=C(C)C(=O)O.CC1CC(=O)OC1=O. The fourth-order valence-corrected chi connectivity index (χ4v) is 0.588. The summed E-state index contributed by atoms with van der Waals surface area (Å²) in [6.07, 6.45) is 0.249. The first kappa shape index (κ1) is 12.3. The third-order valence-corrected chi connectivity index (χ3v) is 1.45. The van der Waals surface area contributed by atoms with Gasteiger partial charge in [0.15, 0.2) is 0 Å². The van der Waals surface area contributed by atoms with E-state index in [0.29, 0.717) is 0 Å². The van der Waals surface area contributed by atoms with E-state index in [1.165, 1.54) is 6.92 Å². The first-order chi connectivity index (χ1) is 6.34. The number of rotatable bonds is 1. The summed E-state index contributed by atoms with van der Waals surface area (Å²) in [4.78, 5) is 30.2. The van der Waals surface area contributed by atoms with Crippen molar-refractivity contribution in [3.8, 4) is 0 Å². The monoisotopic (exact) mass is 200 g/mol. The highest BCUT2D eigenvalue weighted by Gasteiger charge is 2.28. The third-order valence-electron chi connectivity index (χ3n) is 1.45. The van der Waals surface area contributed by atoms with Gasteiger partial charge in [-0.1, -0.05) is 13.5 Å². The van der Waals surface area contributed by atoms with Gasteiger partial charge in [-0.3, -0.25) is 9.59 Å². The fourth-order valence-electron chi connectivity index (χ4n) is 0.588. The number of hydrogen-bond acceptors (Lipinski definition) is 4. The Morgan fingerprint density at radius 2 is 2.00 bits per heavy atom. The Hall–Kier alpha value is -1.65. The fraction of sp³-hybridized carbons (Fsp3) is 0.444. The molecule has 1 fully saturated rings. The van der Waals surface area contributed by atoms with Crippen molar-refractivity contribution in [2.75, 3.05) is 0 Å². The Labute approximate surface area is 81.4 Å². The second-order valence-electron chi connectivity index (χ2n) is 2.98. The maximum Gasteiger partial charge on any atom is 0.330 e. The van der Waals surface area contributed by atoms with E-state index in [4.69, 9.17) is 5.11 Å².